The first-order chi connectivity index (χ1) is 10.0. The Labute approximate surface area is 125 Å². The number of aromatic hydroxyl groups is 1. The van der Waals surface area contributed by atoms with Gasteiger partial charge in [0.25, 0.3) is 0 Å². The number of ether oxygens (including phenoxy) is 2. The molecular weight excluding hydrogens is 266 g/mol. The number of anilines is 1. The zero-order chi connectivity index (χ0) is 15.4. The van der Waals surface area contributed by atoms with Crippen LogP contribution in [0.2, 0.25) is 0 Å². The van der Waals surface area contributed by atoms with Gasteiger partial charge in [0.15, 0.2) is 0 Å². The molecule has 2 rings (SSSR count). The van der Waals surface area contributed by atoms with Crippen LogP contribution < -0.4 is 14.8 Å². The van der Waals surface area contributed by atoms with Gasteiger partial charge in [-0.05, 0) is 19.9 Å². The van der Waals surface area contributed by atoms with E-state index in [0.29, 0.717) is 0 Å². The summed E-state index contributed by atoms with van der Waals surface area (Å²) >= 11 is 0. The normalized spacial score (nSPS) is 11.8. The van der Waals surface area contributed by atoms with E-state index in [-0.39, 0.29) is 11.8 Å². The monoisotopic (exact) mass is 287 g/mol. The molecule has 1 atom stereocenters. The van der Waals surface area contributed by atoms with Crippen molar-refractivity contribution in [3.8, 4) is 17.2 Å². The van der Waals surface area contributed by atoms with Crippen molar-refractivity contribution in [2.24, 2.45) is 0 Å². The number of benzene rings is 2. The maximum Gasteiger partial charge on any atom is 0.124 e. The Morgan fingerprint density at radius 3 is 2.19 bits per heavy atom. The molecule has 4 nitrogen and oxygen atoms in total. The first-order valence-corrected chi connectivity index (χ1v) is 6.82. The van der Waals surface area contributed by atoms with E-state index in [2.05, 4.69) is 5.32 Å². The zero-order valence-corrected chi connectivity index (χ0v) is 12.8. The first-order valence-electron chi connectivity index (χ1n) is 6.82. The highest BCUT2D eigenvalue weighted by Crippen LogP contribution is 2.31. The number of hydrogen-bond donors (Lipinski definition) is 2. The van der Waals surface area contributed by atoms with Crippen molar-refractivity contribution < 1.29 is 14.6 Å². The van der Waals surface area contributed by atoms with Crippen LogP contribution in [0.1, 0.15) is 24.1 Å². The Bertz CT molecular complexity index is 603. The summed E-state index contributed by atoms with van der Waals surface area (Å²) in [5.41, 5.74) is 2.84. The third kappa shape index (κ3) is 3.60. The Hall–Kier alpha value is -2.36. The minimum atomic E-state index is -0.0401. The average Bonchev–Trinajstić information content (AvgIpc) is 2.49. The summed E-state index contributed by atoms with van der Waals surface area (Å²) in [6.07, 6.45) is 0. The van der Waals surface area contributed by atoms with Gasteiger partial charge in [-0.3, -0.25) is 0 Å². The summed E-state index contributed by atoms with van der Waals surface area (Å²) in [4.78, 5) is 0. The number of aryl methyl sites for hydroxylation is 1. The zero-order valence-electron chi connectivity index (χ0n) is 12.8. The van der Waals surface area contributed by atoms with Crippen molar-refractivity contribution in [2.45, 2.75) is 19.9 Å². The molecule has 2 aromatic rings. The number of methoxy groups -OCH3 is 2. The molecule has 0 bridgehead atoms. The standard InChI is InChI=1S/C17H21NO3/c1-11-5-6-17(19)16(7-11)12(2)18-13-8-14(20-3)10-15(9-13)21-4/h5-10,12,18-19H,1-4H3. The quantitative estimate of drug-likeness (QED) is 0.876. The highest BCUT2D eigenvalue weighted by atomic mass is 16.5. The molecule has 0 aromatic heterocycles. The van der Waals surface area contributed by atoms with E-state index in [1.807, 2.05) is 44.2 Å². The molecule has 0 heterocycles. The molecule has 0 radical (unpaired) electrons. The topological polar surface area (TPSA) is 50.7 Å². The molecule has 0 amide bonds. The molecule has 0 saturated heterocycles. The van der Waals surface area contributed by atoms with Crippen LogP contribution in [0.3, 0.4) is 0 Å². The van der Waals surface area contributed by atoms with Crippen molar-refractivity contribution in [3.63, 3.8) is 0 Å². The summed E-state index contributed by atoms with van der Waals surface area (Å²) in [5.74, 6) is 1.73. The Kier molecular flexibility index (Phi) is 4.58. The van der Waals surface area contributed by atoms with Crippen molar-refractivity contribution in [1.82, 2.24) is 0 Å². The molecule has 0 aliphatic carbocycles. The third-order valence-corrected chi connectivity index (χ3v) is 3.38. The van der Waals surface area contributed by atoms with Gasteiger partial charge in [0.05, 0.1) is 20.3 Å². The number of phenols is 1. The maximum absolute atomic E-state index is 10.00. The maximum atomic E-state index is 10.00. The second-order valence-electron chi connectivity index (χ2n) is 5.03. The van der Waals surface area contributed by atoms with Crippen LogP contribution in [0.25, 0.3) is 0 Å². The lowest BCUT2D eigenvalue weighted by Gasteiger charge is -2.18. The number of nitrogens with one attached hydrogen (secondary N) is 1. The van der Waals surface area contributed by atoms with Gasteiger partial charge in [0.2, 0.25) is 0 Å². The van der Waals surface area contributed by atoms with Gasteiger partial charge in [0, 0.05) is 29.4 Å². The fraction of sp³-hybridized carbons (Fsp3) is 0.294. The van der Waals surface area contributed by atoms with Crippen LogP contribution in [0.15, 0.2) is 36.4 Å². The number of hydrogen-bond acceptors (Lipinski definition) is 4. The van der Waals surface area contributed by atoms with Crippen LogP contribution in [0, 0.1) is 6.92 Å². The van der Waals surface area contributed by atoms with E-state index in [1.54, 1.807) is 20.3 Å². The largest absolute Gasteiger partial charge is 0.508 e. The highest BCUT2D eigenvalue weighted by molar-refractivity contribution is 5.55. The van der Waals surface area contributed by atoms with Crippen LogP contribution in [0.4, 0.5) is 5.69 Å². The molecular formula is C17H21NO3. The van der Waals surface area contributed by atoms with Gasteiger partial charge in [0.1, 0.15) is 17.2 Å². The third-order valence-electron chi connectivity index (χ3n) is 3.38. The van der Waals surface area contributed by atoms with Gasteiger partial charge in [-0.25, -0.2) is 0 Å². The van der Waals surface area contributed by atoms with Crippen molar-refractivity contribution in [3.05, 3.63) is 47.5 Å². The van der Waals surface area contributed by atoms with Crippen molar-refractivity contribution in [1.29, 1.82) is 0 Å². The summed E-state index contributed by atoms with van der Waals surface area (Å²) in [7, 11) is 3.24. The predicted octanol–water partition coefficient (Wildman–Crippen LogP) is 3.89. The van der Waals surface area contributed by atoms with E-state index in [4.69, 9.17) is 9.47 Å². The van der Waals surface area contributed by atoms with E-state index in [9.17, 15) is 5.11 Å². The Morgan fingerprint density at radius 1 is 1.00 bits per heavy atom. The summed E-state index contributed by atoms with van der Waals surface area (Å²) in [5, 5.41) is 13.4. The lowest BCUT2D eigenvalue weighted by Crippen LogP contribution is -2.07. The highest BCUT2D eigenvalue weighted by Gasteiger charge is 2.11. The van der Waals surface area contributed by atoms with E-state index in [0.717, 1.165) is 28.3 Å². The summed E-state index contributed by atoms with van der Waals surface area (Å²) in [6, 6.07) is 11.2. The number of rotatable bonds is 5. The van der Waals surface area contributed by atoms with Crippen molar-refractivity contribution >= 4 is 5.69 Å². The number of phenolic OH excluding ortho intramolecular Hbond substituents is 1. The molecule has 21 heavy (non-hydrogen) atoms. The molecule has 0 saturated carbocycles. The predicted molar refractivity (Wildman–Crippen MR) is 84.4 cm³/mol. The fourth-order valence-electron chi connectivity index (χ4n) is 2.24. The lowest BCUT2D eigenvalue weighted by atomic mass is 10.0. The molecule has 0 spiro atoms. The molecule has 0 aliphatic heterocycles. The molecule has 2 aromatic carbocycles. The molecule has 0 aliphatic rings. The smallest absolute Gasteiger partial charge is 0.124 e. The fourth-order valence-corrected chi connectivity index (χ4v) is 2.24. The van der Waals surface area contributed by atoms with Crippen LogP contribution in [-0.2, 0) is 0 Å². The van der Waals surface area contributed by atoms with E-state index < -0.39 is 0 Å². The minimum absolute atomic E-state index is 0.0401. The Balaban J connectivity index is 2.26. The molecule has 2 N–H and O–H groups in total. The first kappa shape index (κ1) is 15.0. The van der Waals surface area contributed by atoms with Gasteiger partial charge in [-0.15, -0.1) is 0 Å². The van der Waals surface area contributed by atoms with Gasteiger partial charge in [-0.1, -0.05) is 17.7 Å². The van der Waals surface area contributed by atoms with Gasteiger partial charge >= 0.3 is 0 Å². The molecule has 0 fully saturated rings. The molecule has 1 unspecified atom stereocenters. The van der Waals surface area contributed by atoms with Crippen LogP contribution in [-0.4, -0.2) is 19.3 Å². The van der Waals surface area contributed by atoms with E-state index >= 15 is 0 Å². The molecule has 112 valence electrons. The van der Waals surface area contributed by atoms with E-state index in [1.165, 1.54) is 0 Å². The average molecular weight is 287 g/mol. The lowest BCUT2D eigenvalue weighted by molar-refractivity contribution is 0.394. The second kappa shape index (κ2) is 6.39. The Morgan fingerprint density at radius 2 is 1.62 bits per heavy atom. The van der Waals surface area contributed by atoms with Gasteiger partial charge in [-0.2, -0.15) is 0 Å². The SMILES string of the molecule is COc1cc(NC(C)c2cc(C)ccc2O)cc(OC)c1. The second-order valence-corrected chi connectivity index (χ2v) is 5.03. The summed E-state index contributed by atoms with van der Waals surface area (Å²) in [6.45, 7) is 4.00. The van der Waals surface area contributed by atoms with Crippen molar-refractivity contribution in [2.75, 3.05) is 19.5 Å². The van der Waals surface area contributed by atoms with Crippen LogP contribution >= 0.6 is 0 Å². The van der Waals surface area contributed by atoms with Gasteiger partial charge < -0.3 is 19.9 Å². The van der Waals surface area contributed by atoms with Crippen LogP contribution in [0.5, 0.6) is 17.2 Å². The molecule has 4 heteroatoms. The minimum Gasteiger partial charge on any atom is -0.508 e. The summed E-state index contributed by atoms with van der Waals surface area (Å²) < 4.78 is 10.5.